The zero-order chi connectivity index (χ0) is 17.4. The summed E-state index contributed by atoms with van der Waals surface area (Å²) < 4.78 is 69.1. The number of methoxy groups -OCH3 is 1. The number of aliphatic carboxylic acids is 1. The fourth-order valence-electron chi connectivity index (χ4n) is 2.84. The first-order valence-corrected chi connectivity index (χ1v) is 8.27. The van der Waals surface area contributed by atoms with E-state index in [-0.39, 0.29) is 31.7 Å². The summed E-state index contributed by atoms with van der Waals surface area (Å²) >= 11 is 0. The third-order valence-corrected chi connectivity index (χ3v) is 6.24. The summed E-state index contributed by atoms with van der Waals surface area (Å²) in [5, 5.41) is 9.78. The van der Waals surface area contributed by atoms with Crippen molar-refractivity contribution in [2.24, 2.45) is 5.92 Å². The Kier molecular flexibility index (Phi) is 6.55. The van der Waals surface area contributed by atoms with E-state index in [9.17, 15) is 31.5 Å². The van der Waals surface area contributed by atoms with E-state index < -0.39 is 49.7 Å². The second-order valence-electron chi connectivity index (χ2n) is 5.33. The number of carboxylic acids is 1. The van der Waals surface area contributed by atoms with Crippen LogP contribution in [0.25, 0.3) is 0 Å². The van der Waals surface area contributed by atoms with Crippen LogP contribution in [-0.4, -0.2) is 32.9 Å². The number of sulfone groups is 1. The molecule has 1 fully saturated rings. The molecule has 0 amide bonds. The smallest absolute Gasteiger partial charge is 0.550 e. The quantitative estimate of drug-likeness (QED) is 0.583. The molecule has 0 saturated heterocycles. The molecule has 3 atom stereocenters. The number of rotatable bonds is 4. The largest absolute Gasteiger partial charge is 1.00 e. The van der Waals surface area contributed by atoms with Gasteiger partial charge in [-0.25, -0.2) is 8.42 Å². The van der Waals surface area contributed by atoms with E-state index in [0.717, 1.165) is 12.1 Å². The van der Waals surface area contributed by atoms with E-state index in [1.165, 1.54) is 13.2 Å². The summed E-state index contributed by atoms with van der Waals surface area (Å²) in [6.07, 6.45) is -6.26. The zero-order valence-corrected chi connectivity index (χ0v) is 13.9. The van der Waals surface area contributed by atoms with Crippen LogP contribution < -0.4 is 24.0 Å². The number of carbonyl (C=O) groups excluding carboxylic acids is 1. The Labute approximate surface area is 149 Å². The molecule has 0 spiro atoms. The Morgan fingerprint density at radius 3 is 2.29 bits per heavy atom. The van der Waals surface area contributed by atoms with Gasteiger partial charge in [0.05, 0.1) is 21.8 Å². The number of hydrogen-bond donors (Lipinski definition) is 0. The second kappa shape index (κ2) is 7.48. The minimum Gasteiger partial charge on any atom is -0.550 e. The summed E-state index contributed by atoms with van der Waals surface area (Å²) in [7, 11) is -3.13. The van der Waals surface area contributed by atoms with Crippen molar-refractivity contribution in [2.45, 2.75) is 35.3 Å². The molecule has 5 nitrogen and oxygen atoms in total. The van der Waals surface area contributed by atoms with Crippen molar-refractivity contribution in [1.82, 2.24) is 0 Å². The van der Waals surface area contributed by atoms with E-state index in [0.29, 0.717) is 6.07 Å². The Bertz CT molecular complexity index is 705. The predicted molar refractivity (Wildman–Crippen MR) is 70.9 cm³/mol. The minimum absolute atomic E-state index is 0. The summed E-state index contributed by atoms with van der Waals surface area (Å²) in [6, 6.07) is 3.86. The van der Waals surface area contributed by atoms with Crippen molar-refractivity contribution in [3.05, 3.63) is 29.8 Å². The number of alkyl halides is 3. The van der Waals surface area contributed by atoms with Gasteiger partial charge in [-0.05, 0) is 25.0 Å². The molecule has 0 aromatic heterocycles. The van der Waals surface area contributed by atoms with Crippen molar-refractivity contribution in [1.29, 1.82) is 0 Å². The zero-order valence-electron chi connectivity index (χ0n) is 13.0. The number of ether oxygens (including phenoxy) is 1. The molecule has 0 N–H and O–H groups in total. The van der Waals surface area contributed by atoms with Gasteiger partial charge in [-0.2, -0.15) is 13.2 Å². The minimum atomic E-state index is -4.82. The van der Waals surface area contributed by atoms with Gasteiger partial charge in [-0.15, -0.1) is 0 Å². The fourth-order valence-corrected chi connectivity index (χ4v) is 4.87. The van der Waals surface area contributed by atoms with E-state index in [1.54, 1.807) is 0 Å². The van der Waals surface area contributed by atoms with E-state index in [1.807, 2.05) is 0 Å². The second-order valence-corrected chi connectivity index (χ2v) is 7.53. The SMILES string of the molecule is CO[C@H]1C[C@@H](S(=O)(=O)c2ccccc2C(F)(F)F)C[C@@H]1C(=O)[O-].[Li+]. The molecular weight excluding hydrogens is 344 g/mol. The number of halogens is 3. The van der Waals surface area contributed by atoms with Crippen LogP contribution >= 0.6 is 0 Å². The van der Waals surface area contributed by atoms with Crippen LogP contribution in [0.5, 0.6) is 0 Å². The van der Waals surface area contributed by atoms with E-state index in [4.69, 9.17) is 4.74 Å². The fraction of sp³-hybridized carbons (Fsp3) is 0.500. The first kappa shape index (κ1) is 21.0. The maximum atomic E-state index is 13.0. The van der Waals surface area contributed by atoms with Crippen LogP contribution in [0.15, 0.2) is 29.2 Å². The Morgan fingerprint density at radius 1 is 1.25 bits per heavy atom. The van der Waals surface area contributed by atoms with Crippen molar-refractivity contribution in [3.63, 3.8) is 0 Å². The summed E-state index contributed by atoms with van der Waals surface area (Å²) in [5.41, 5.74) is -1.26. The third-order valence-electron chi connectivity index (χ3n) is 4.00. The van der Waals surface area contributed by atoms with Gasteiger partial charge in [-0.1, -0.05) is 12.1 Å². The van der Waals surface area contributed by atoms with Crippen LogP contribution in [-0.2, 0) is 25.5 Å². The van der Waals surface area contributed by atoms with Gasteiger partial charge in [0.2, 0.25) is 0 Å². The third kappa shape index (κ3) is 3.96. The van der Waals surface area contributed by atoms with Gasteiger partial charge in [-0.3, -0.25) is 0 Å². The van der Waals surface area contributed by atoms with Crippen molar-refractivity contribution >= 4 is 15.8 Å². The van der Waals surface area contributed by atoms with Gasteiger partial charge in [0.15, 0.2) is 9.84 Å². The van der Waals surface area contributed by atoms with Gasteiger partial charge in [0, 0.05) is 19.0 Å². The predicted octanol–water partition coefficient (Wildman–Crippen LogP) is -1.97. The molecule has 1 aromatic rings. The Hall–Kier alpha value is -1.01. The molecule has 1 saturated carbocycles. The number of benzene rings is 1. The summed E-state index contributed by atoms with van der Waals surface area (Å²) in [6.45, 7) is 0. The van der Waals surface area contributed by atoms with Crippen LogP contribution in [0.3, 0.4) is 0 Å². The monoisotopic (exact) mass is 358 g/mol. The normalized spacial score (nSPS) is 24.4. The van der Waals surface area contributed by atoms with Crippen molar-refractivity contribution in [2.75, 3.05) is 7.11 Å². The molecule has 1 aromatic carbocycles. The Morgan fingerprint density at radius 2 is 1.83 bits per heavy atom. The van der Waals surface area contributed by atoms with Crippen molar-refractivity contribution in [3.8, 4) is 0 Å². The molecule has 10 heteroatoms. The molecule has 0 radical (unpaired) electrons. The van der Waals surface area contributed by atoms with E-state index >= 15 is 0 Å². The van der Waals surface area contributed by atoms with Gasteiger partial charge < -0.3 is 14.6 Å². The first-order chi connectivity index (χ1) is 10.6. The number of carboxylic acid groups (broad SMARTS) is 1. The van der Waals surface area contributed by atoms with Gasteiger partial charge in [0.25, 0.3) is 0 Å². The molecule has 0 unspecified atom stereocenters. The van der Waals surface area contributed by atoms with Gasteiger partial charge in [0.1, 0.15) is 0 Å². The maximum Gasteiger partial charge on any atom is 1.00 e. The Balaban J connectivity index is 0.00000288. The molecule has 128 valence electrons. The standard InChI is InChI=1S/C14H15F3O5S.Li/c1-22-11-7-8(6-9(11)13(18)19)23(20,21)12-5-3-2-4-10(12)14(15,16)17;/h2-5,8-9,11H,6-7H2,1H3,(H,18,19);/q;+1/p-1/t8-,9-,11-;/m0./s1. The molecule has 0 bridgehead atoms. The molecule has 1 aliphatic rings. The summed E-state index contributed by atoms with van der Waals surface area (Å²) in [4.78, 5) is 10.2. The van der Waals surface area contributed by atoms with Crippen LogP contribution in [0, 0.1) is 5.92 Å². The van der Waals surface area contributed by atoms with E-state index in [2.05, 4.69) is 0 Å². The molecular formula is C14H14F3LiO5S. The first-order valence-electron chi connectivity index (χ1n) is 6.72. The van der Waals surface area contributed by atoms with Crippen molar-refractivity contribution < 1.29 is 55.1 Å². The molecule has 0 aliphatic heterocycles. The van der Waals surface area contributed by atoms with Crippen LogP contribution in [0.4, 0.5) is 13.2 Å². The summed E-state index contributed by atoms with van der Waals surface area (Å²) in [5.74, 6) is -2.64. The molecule has 0 heterocycles. The number of hydrogen-bond acceptors (Lipinski definition) is 5. The average Bonchev–Trinajstić information content (AvgIpc) is 2.91. The average molecular weight is 358 g/mol. The van der Waals surface area contributed by atoms with Crippen LogP contribution in [0.1, 0.15) is 18.4 Å². The number of carbonyl (C=O) groups is 1. The van der Waals surface area contributed by atoms with Gasteiger partial charge >= 0.3 is 25.0 Å². The molecule has 2 rings (SSSR count). The molecule has 24 heavy (non-hydrogen) atoms. The molecule has 1 aliphatic carbocycles. The maximum absolute atomic E-state index is 13.0. The van der Waals surface area contributed by atoms with Crippen LogP contribution in [0.2, 0.25) is 0 Å². The topological polar surface area (TPSA) is 83.5 Å².